The van der Waals surface area contributed by atoms with Crippen molar-refractivity contribution in [1.82, 2.24) is 0 Å². The van der Waals surface area contributed by atoms with E-state index in [1.54, 1.807) is 6.07 Å². The Hall–Kier alpha value is -0.540. The van der Waals surface area contributed by atoms with E-state index in [0.29, 0.717) is 10.7 Å². The third-order valence-electron chi connectivity index (χ3n) is 2.27. The number of benzene rings is 1. The molecule has 0 amide bonds. The van der Waals surface area contributed by atoms with Crippen LogP contribution in [0.2, 0.25) is 5.02 Å². The molecule has 3 N–H and O–H groups in total. The van der Waals surface area contributed by atoms with Crippen LogP contribution in [0.3, 0.4) is 0 Å². The lowest BCUT2D eigenvalue weighted by Gasteiger charge is -2.23. The first-order valence-corrected chi connectivity index (χ1v) is 6.39. The highest BCUT2D eigenvalue weighted by atomic mass is 35.5. The predicted molar refractivity (Wildman–Crippen MR) is 71.9 cm³/mol. The Bertz CT molecular complexity index is 339. The Morgan fingerprint density at radius 2 is 2.13 bits per heavy atom. The third-order valence-corrected chi connectivity index (χ3v) is 3.76. The first-order valence-electron chi connectivity index (χ1n) is 4.79. The first-order chi connectivity index (χ1) is 6.94. The van der Waals surface area contributed by atoms with Crippen LogP contribution in [-0.2, 0) is 0 Å². The normalized spacial score (nSPS) is 11.5. The van der Waals surface area contributed by atoms with Gasteiger partial charge in [-0.05, 0) is 38.3 Å². The Balaban J connectivity index is 2.66. The maximum absolute atomic E-state index is 5.84. The maximum Gasteiger partial charge on any atom is 0.0575 e. The van der Waals surface area contributed by atoms with Crippen LogP contribution in [0.4, 0.5) is 11.4 Å². The molecule has 2 nitrogen and oxygen atoms in total. The number of halogens is 1. The molecule has 0 saturated heterocycles. The highest BCUT2D eigenvalue weighted by Crippen LogP contribution is 2.26. The van der Waals surface area contributed by atoms with Crippen molar-refractivity contribution >= 4 is 34.7 Å². The molecule has 1 aromatic rings. The minimum absolute atomic E-state index is 0.200. The SMILES string of the molecule is CSC(C)(C)CNc1ccc(Cl)cc1N. The van der Waals surface area contributed by atoms with Gasteiger partial charge in [-0.3, -0.25) is 0 Å². The van der Waals surface area contributed by atoms with E-state index >= 15 is 0 Å². The fourth-order valence-electron chi connectivity index (χ4n) is 1.07. The molecule has 84 valence electrons. The highest BCUT2D eigenvalue weighted by molar-refractivity contribution is 7.99. The Labute approximate surface area is 101 Å². The second-order valence-corrected chi connectivity index (χ2v) is 6.00. The molecule has 0 radical (unpaired) electrons. The summed E-state index contributed by atoms with van der Waals surface area (Å²) in [5.41, 5.74) is 7.48. The number of nitrogen functional groups attached to an aromatic ring is 1. The minimum atomic E-state index is 0.200. The number of rotatable bonds is 4. The van der Waals surface area contributed by atoms with Crippen LogP contribution in [0, 0.1) is 0 Å². The quantitative estimate of drug-likeness (QED) is 0.797. The van der Waals surface area contributed by atoms with Crippen molar-refractivity contribution in [3.8, 4) is 0 Å². The van der Waals surface area contributed by atoms with E-state index in [0.717, 1.165) is 12.2 Å². The van der Waals surface area contributed by atoms with Gasteiger partial charge in [0.2, 0.25) is 0 Å². The molecular weight excluding hydrogens is 228 g/mol. The van der Waals surface area contributed by atoms with Gasteiger partial charge >= 0.3 is 0 Å². The lowest BCUT2D eigenvalue weighted by atomic mass is 10.2. The van der Waals surface area contributed by atoms with Crippen LogP contribution in [0.5, 0.6) is 0 Å². The third kappa shape index (κ3) is 3.84. The summed E-state index contributed by atoms with van der Waals surface area (Å²) in [5, 5.41) is 4.00. The van der Waals surface area contributed by atoms with Crippen LogP contribution in [0.1, 0.15) is 13.8 Å². The molecule has 0 aliphatic carbocycles. The predicted octanol–water partition coefficient (Wildman–Crippen LogP) is 3.48. The number of hydrogen-bond acceptors (Lipinski definition) is 3. The van der Waals surface area contributed by atoms with Gasteiger partial charge in [0.15, 0.2) is 0 Å². The maximum atomic E-state index is 5.84. The van der Waals surface area contributed by atoms with Crippen molar-refractivity contribution in [1.29, 1.82) is 0 Å². The van der Waals surface area contributed by atoms with Gasteiger partial charge in [0.05, 0.1) is 11.4 Å². The molecule has 0 aliphatic rings. The molecule has 0 heterocycles. The summed E-state index contributed by atoms with van der Waals surface area (Å²) >= 11 is 7.65. The van der Waals surface area contributed by atoms with Gasteiger partial charge in [-0.2, -0.15) is 11.8 Å². The summed E-state index contributed by atoms with van der Waals surface area (Å²) in [7, 11) is 0. The average Bonchev–Trinajstić information content (AvgIpc) is 2.16. The van der Waals surface area contributed by atoms with Crippen LogP contribution >= 0.6 is 23.4 Å². The van der Waals surface area contributed by atoms with Crippen LogP contribution in [0.25, 0.3) is 0 Å². The summed E-state index contributed by atoms with van der Waals surface area (Å²) in [4.78, 5) is 0. The van der Waals surface area contributed by atoms with Crippen LogP contribution in [-0.4, -0.2) is 17.5 Å². The molecule has 0 fully saturated rings. The molecule has 0 spiro atoms. The standard InChI is InChI=1S/C11H17ClN2S/c1-11(2,15-3)7-14-10-5-4-8(12)6-9(10)13/h4-6,14H,7,13H2,1-3H3. The molecule has 15 heavy (non-hydrogen) atoms. The van der Waals surface area contributed by atoms with Crippen molar-refractivity contribution in [2.75, 3.05) is 23.9 Å². The van der Waals surface area contributed by atoms with Crippen LogP contribution in [0.15, 0.2) is 18.2 Å². The lowest BCUT2D eigenvalue weighted by Crippen LogP contribution is -2.26. The topological polar surface area (TPSA) is 38.0 Å². The highest BCUT2D eigenvalue weighted by Gasteiger charge is 2.15. The van der Waals surface area contributed by atoms with E-state index in [4.69, 9.17) is 17.3 Å². The van der Waals surface area contributed by atoms with Gasteiger partial charge in [-0.15, -0.1) is 0 Å². The zero-order chi connectivity index (χ0) is 11.5. The summed E-state index contributed by atoms with van der Waals surface area (Å²) in [6.07, 6.45) is 2.10. The number of nitrogens with one attached hydrogen (secondary N) is 1. The number of hydrogen-bond donors (Lipinski definition) is 2. The minimum Gasteiger partial charge on any atom is -0.397 e. The summed E-state index contributed by atoms with van der Waals surface area (Å²) < 4.78 is 0.200. The molecular formula is C11H17ClN2S. The first kappa shape index (κ1) is 12.5. The second kappa shape index (κ2) is 4.99. The van der Waals surface area contributed by atoms with E-state index in [9.17, 15) is 0 Å². The Kier molecular flexibility index (Phi) is 4.17. The zero-order valence-corrected chi connectivity index (χ0v) is 10.9. The molecule has 4 heteroatoms. The van der Waals surface area contributed by atoms with Gasteiger partial charge in [-0.1, -0.05) is 11.6 Å². The van der Waals surface area contributed by atoms with E-state index in [-0.39, 0.29) is 4.75 Å². The monoisotopic (exact) mass is 244 g/mol. The Morgan fingerprint density at radius 1 is 1.47 bits per heavy atom. The molecule has 1 rings (SSSR count). The average molecular weight is 245 g/mol. The second-order valence-electron chi connectivity index (χ2n) is 4.05. The van der Waals surface area contributed by atoms with Crippen molar-refractivity contribution in [2.45, 2.75) is 18.6 Å². The summed E-state index contributed by atoms with van der Waals surface area (Å²) in [5.74, 6) is 0. The van der Waals surface area contributed by atoms with E-state index in [1.807, 2.05) is 23.9 Å². The molecule has 0 saturated carbocycles. The largest absolute Gasteiger partial charge is 0.397 e. The van der Waals surface area contributed by atoms with Crippen molar-refractivity contribution in [2.24, 2.45) is 0 Å². The lowest BCUT2D eigenvalue weighted by molar-refractivity contribution is 0.753. The number of nitrogens with two attached hydrogens (primary N) is 1. The smallest absolute Gasteiger partial charge is 0.0575 e. The Morgan fingerprint density at radius 3 is 2.67 bits per heavy atom. The molecule has 0 aromatic heterocycles. The van der Waals surface area contributed by atoms with Gasteiger partial charge in [0, 0.05) is 16.3 Å². The summed E-state index contributed by atoms with van der Waals surface area (Å²) in [6, 6.07) is 5.51. The zero-order valence-electron chi connectivity index (χ0n) is 9.30. The number of anilines is 2. The molecule has 1 aromatic carbocycles. The van der Waals surface area contributed by atoms with Gasteiger partial charge in [0.1, 0.15) is 0 Å². The molecule has 0 atom stereocenters. The van der Waals surface area contributed by atoms with Gasteiger partial charge < -0.3 is 11.1 Å². The van der Waals surface area contributed by atoms with E-state index in [1.165, 1.54) is 0 Å². The van der Waals surface area contributed by atoms with E-state index < -0.39 is 0 Å². The number of thioether (sulfide) groups is 1. The van der Waals surface area contributed by atoms with Crippen molar-refractivity contribution < 1.29 is 0 Å². The molecule has 0 aliphatic heterocycles. The van der Waals surface area contributed by atoms with Gasteiger partial charge in [0.25, 0.3) is 0 Å². The summed E-state index contributed by atoms with van der Waals surface area (Å²) in [6.45, 7) is 5.26. The fraction of sp³-hybridized carbons (Fsp3) is 0.455. The van der Waals surface area contributed by atoms with Crippen molar-refractivity contribution in [3.63, 3.8) is 0 Å². The van der Waals surface area contributed by atoms with Gasteiger partial charge in [-0.25, -0.2) is 0 Å². The molecule has 0 unspecified atom stereocenters. The van der Waals surface area contributed by atoms with E-state index in [2.05, 4.69) is 25.4 Å². The molecule has 0 bridgehead atoms. The van der Waals surface area contributed by atoms with Crippen molar-refractivity contribution in [3.05, 3.63) is 23.2 Å². The fourth-order valence-corrected chi connectivity index (χ4v) is 1.47. The van der Waals surface area contributed by atoms with Crippen LogP contribution < -0.4 is 11.1 Å².